The van der Waals surface area contributed by atoms with Gasteiger partial charge in [-0.25, -0.2) is 9.18 Å². The largest absolute Gasteiger partial charge is 0.478 e. The zero-order valence-electron chi connectivity index (χ0n) is 15.3. The minimum absolute atomic E-state index is 0.221. The molecule has 1 aromatic carbocycles. The molecule has 1 aromatic rings. The van der Waals surface area contributed by atoms with Gasteiger partial charge in [-0.3, -0.25) is 0 Å². The lowest BCUT2D eigenvalue weighted by atomic mass is 9.68. The van der Waals surface area contributed by atoms with E-state index in [1.807, 2.05) is 6.07 Å². The Morgan fingerprint density at radius 2 is 1.64 bits per heavy atom. The van der Waals surface area contributed by atoms with Crippen LogP contribution in [0.2, 0.25) is 0 Å². The lowest BCUT2D eigenvalue weighted by Gasteiger charge is -2.38. The topological polar surface area (TPSA) is 37.3 Å². The number of carboxylic acid groups (broad SMARTS) is 1. The molecule has 0 spiro atoms. The van der Waals surface area contributed by atoms with Crippen LogP contribution < -0.4 is 0 Å². The quantitative estimate of drug-likeness (QED) is 0.669. The molecule has 0 bridgehead atoms. The number of rotatable bonds is 5. The average molecular weight is 346 g/mol. The third kappa shape index (κ3) is 4.43. The van der Waals surface area contributed by atoms with E-state index in [0.29, 0.717) is 5.92 Å². The second-order valence-electron chi connectivity index (χ2n) is 8.23. The van der Waals surface area contributed by atoms with Crippen molar-refractivity contribution in [3.63, 3.8) is 0 Å². The van der Waals surface area contributed by atoms with E-state index in [0.717, 1.165) is 36.2 Å². The van der Waals surface area contributed by atoms with E-state index in [1.165, 1.54) is 63.5 Å². The molecule has 2 saturated carbocycles. The normalized spacial score (nSPS) is 30.2. The van der Waals surface area contributed by atoms with Crippen LogP contribution in [-0.2, 0) is 0 Å². The standard InChI is InChI=1S/C22H31FO2/c1-2-3-15-4-6-16(7-5-15)17-8-10-18(11-9-17)19-12-13-20(22(24)25)21(23)14-19/h12-18H,2-11H2,1H3,(H,24,25)/t15-,16-,17?,18?. The summed E-state index contributed by atoms with van der Waals surface area (Å²) in [5, 5.41) is 8.96. The van der Waals surface area contributed by atoms with Crippen molar-refractivity contribution >= 4 is 5.97 Å². The van der Waals surface area contributed by atoms with Crippen LogP contribution in [0.15, 0.2) is 18.2 Å². The number of carbonyl (C=O) groups is 1. The van der Waals surface area contributed by atoms with Crippen LogP contribution in [0.4, 0.5) is 4.39 Å². The first-order valence-corrected chi connectivity index (χ1v) is 10.1. The lowest BCUT2D eigenvalue weighted by molar-refractivity contribution is 0.0692. The predicted octanol–water partition coefficient (Wildman–Crippen LogP) is 6.40. The molecule has 0 radical (unpaired) electrons. The Balaban J connectivity index is 1.52. The average Bonchev–Trinajstić information content (AvgIpc) is 2.62. The van der Waals surface area contributed by atoms with Gasteiger partial charge in [0, 0.05) is 0 Å². The van der Waals surface area contributed by atoms with Crippen LogP contribution in [0.1, 0.15) is 93.0 Å². The van der Waals surface area contributed by atoms with E-state index >= 15 is 0 Å². The molecular weight excluding hydrogens is 315 g/mol. The lowest BCUT2D eigenvalue weighted by Crippen LogP contribution is -2.25. The molecule has 25 heavy (non-hydrogen) atoms. The van der Waals surface area contributed by atoms with Gasteiger partial charge < -0.3 is 5.11 Å². The maximum absolute atomic E-state index is 13.9. The highest BCUT2D eigenvalue weighted by Gasteiger charge is 2.31. The fraction of sp³-hybridized carbons (Fsp3) is 0.682. The molecule has 0 heterocycles. The van der Waals surface area contributed by atoms with Gasteiger partial charge in [-0.2, -0.15) is 0 Å². The van der Waals surface area contributed by atoms with E-state index < -0.39 is 11.8 Å². The molecule has 0 aliphatic heterocycles. The highest BCUT2D eigenvalue weighted by Crippen LogP contribution is 2.44. The van der Waals surface area contributed by atoms with Crippen molar-refractivity contribution in [3.8, 4) is 0 Å². The number of benzene rings is 1. The number of hydrogen-bond donors (Lipinski definition) is 1. The smallest absolute Gasteiger partial charge is 0.338 e. The Morgan fingerprint density at radius 1 is 1.04 bits per heavy atom. The molecule has 0 atom stereocenters. The highest BCUT2D eigenvalue weighted by atomic mass is 19.1. The first kappa shape index (κ1) is 18.4. The summed E-state index contributed by atoms with van der Waals surface area (Å²) in [6.45, 7) is 2.29. The molecule has 138 valence electrons. The summed E-state index contributed by atoms with van der Waals surface area (Å²) in [5.41, 5.74) is 0.758. The van der Waals surface area contributed by atoms with Crippen LogP contribution in [0.5, 0.6) is 0 Å². The van der Waals surface area contributed by atoms with Crippen LogP contribution in [0.25, 0.3) is 0 Å². The Bertz CT molecular complexity index is 582. The monoisotopic (exact) mass is 346 g/mol. The third-order valence-corrected chi connectivity index (χ3v) is 6.72. The molecule has 2 fully saturated rings. The first-order chi connectivity index (χ1) is 12.1. The number of hydrogen-bond acceptors (Lipinski definition) is 1. The van der Waals surface area contributed by atoms with Gasteiger partial charge in [-0.1, -0.05) is 38.7 Å². The van der Waals surface area contributed by atoms with Crippen LogP contribution in [0, 0.1) is 23.6 Å². The van der Waals surface area contributed by atoms with E-state index in [4.69, 9.17) is 5.11 Å². The second-order valence-corrected chi connectivity index (χ2v) is 8.23. The van der Waals surface area contributed by atoms with Crippen molar-refractivity contribution < 1.29 is 14.3 Å². The molecule has 1 N–H and O–H groups in total. The summed E-state index contributed by atoms with van der Waals surface area (Å²) in [6.07, 6.45) is 13.1. The zero-order chi connectivity index (χ0) is 17.8. The van der Waals surface area contributed by atoms with Crippen LogP contribution in [-0.4, -0.2) is 11.1 Å². The van der Waals surface area contributed by atoms with Gasteiger partial charge in [0.05, 0.1) is 5.56 Å². The SMILES string of the molecule is CCC[C@H]1CC[C@H](C2CCC(c3ccc(C(=O)O)c(F)c3)CC2)CC1. The third-order valence-electron chi connectivity index (χ3n) is 6.72. The number of aromatic carboxylic acids is 1. The van der Waals surface area contributed by atoms with Crippen molar-refractivity contribution in [1.29, 1.82) is 0 Å². The summed E-state index contributed by atoms with van der Waals surface area (Å²) in [4.78, 5) is 11.0. The summed E-state index contributed by atoms with van der Waals surface area (Å²) in [5.74, 6) is 1.33. The van der Waals surface area contributed by atoms with Crippen LogP contribution in [0.3, 0.4) is 0 Å². The Labute approximate surface area is 150 Å². The summed E-state index contributed by atoms with van der Waals surface area (Å²) in [7, 11) is 0. The van der Waals surface area contributed by atoms with E-state index in [9.17, 15) is 9.18 Å². The van der Waals surface area contributed by atoms with Gasteiger partial charge in [0.1, 0.15) is 5.82 Å². The maximum Gasteiger partial charge on any atom is 0.338 e. The molecule has 2 nitrogen and oxygen atoms in total. The molecule has 3 heteroatoms. The molecule has 0 saturated heterocycles. The Kier molecular flexibility index (Phi) is 6.14. The van der Waals surface area contributed by atoms with Gasteiger partial charge in [0.25, 0.3) is 0 Å². The van der Waals surface area contributed by atoms with E-state index in [2.05, 4.69) is 6.92 Å². The summed E-state index contributed by atoms with van der Waals surface area (Å²) >= 11 is 0. The van der Waals surface area contributed by atoms with Crippen molar-refractivity contribution in [1.82, 2.24) is 0 Å². The fourth-order valence-electron chi connectivity index (χ4n) is 5.24. The Morgan fingerprint density at radius 3 is 2.16 bits per heavy atom. The summed E-state index contributed by atoms with van der Waals surface area (Å²) < 4.78 is 13.9. The van der Waals surface area contributed by atoms with E-state index in [-0.39, 0.29) is 5.56 Å². The van der Waals surface area contributed by atoms with Crippen molar-refractivity contribution in [2.75, 3.05) is 0 Å². The van der Waals surface area contributed by atoms with Gasteiger partial charge in [0.2, 0.25) is 0 Å². The number of halogens is 1. The Hall–Kier alpha value is -1.38. The summed E-state index contributed by atoms with van der Waals surface area (Å²) in [6, 6.07) is 4.69. The second kappa shape index (κ2) is 8.33. The predicted molar refractivity (Wildman–Crippen MR) is 98.4 cm³/mol. The van der Waals surface area contributed by atoms with Gasteiger partial charge >= 0.3 is 5.97 Å². The minimum atomic E-state index is -1.19. The maximum atomic E-state index is 13.9. The van der Waals surface area contributed by atoms with Gasteiger partial charge in [0.15, 0.2) is 0 Å². The molecule has 2 aliphatic carbocycles. The van der Waals surface area contributed by atoms with Gasteiger partial charge in [-0.15, -0.1) is 0 Å². The van der Waals surface area contributed by atoms with Crippen molar-refractivity contribution in [2.45, 2.75) is 77.0 Å². The first-order valence-electron chi connectivity index (χ1n) is 10.1. The molecule has 0 aromatic heterocycles. The number of carboxylic acids is 1. The molecule has 2 aliphatic rings. The molecule has 3 rings (SSSR count). The molecule has 0 unspecified atom stereocenters. The highest BCUT2D eigenvalue weighted by molar-refractivity contribution is 5.87. The van der Waals surface area contributed by atoms with E-state index in [1.54, 1.807) is 0 Å². The zero-order valence-corrected chi connectivity index (χ0v) is 15.3. The van der Waals surface area contributed by atoms with Crippen molar-refractivity contribution in [2.24, 2.45) is 17.8 Å². The molecular formula is C22H31FO2. The van der Waals surface area contributed by atoms with Crippen LogP contribution >= 0.6 is 0 Å². The van der Waals surface area contributed by atoms with Crippen molar-refractivity contribution in [3.05, 3.63) is 35.1 Å². The van der Waals surface area contributed by atoms with Gasteiger partial charge in [-0.05, 0) is 79.9 Å². The molecule has 0 amide bonds. The fourth-order valence-corrected chi connectivity index (χ4v) is 5.24. The minimum Gasteiger partial charge on any atom is -0.478 e.